The van der Waals surface area contributed by atoms with Gasteiger partial charge in [0, 0.05) is 22.0 Å². The van der Waals surface area contributed by atoms with Crippen LogP contribution in [0, 0.1) is 0 Å². The minimum Gasteiger partial charge on any atom is -0.504 e. The summed E-state index contributed by atoms with van der Waals surface area (Å²) >= 11 is 1.67. The van der Waals surface area contributed by atoms with Gasteiger partial charge < -0.3 is 15.2 Å². The van der Waals surface area contributed by atoms with E-state index in [-0.39, 0.29) is 5.75 Å². The molecule has 1 heterocycles. The first-order valence-electron chi connectivity index (χ1n) is 6.64. The van der Waals surface area contributed by atoms with Crippen LogP contribution in [0.5, 0.6) is 11.5 Å². The number of methoxy groups -OCH3 is 1. The average molecular weight is 313 g/mol. The first-order valence-corrected chi connectivity index (χ1v) is 7.86. The third-order valence-electron chi connectivity index (χ3n) is 3.28. The van der Waals surface area contributed by atoms with Crippen LogP contribution in [0.2, 0.25) is 0 Å². The van der Waals surface area contributed by atoms with Crippen molar-refractivity contribution in [2.24, 2.45) is 0 Å². The monoisotopic (exact) mass is 313 g/mol. The van der Waals surface area contributed by atoms with Crippen molar-refractivity contribution in [1.29, 1.82) is 0 Å². The SMILES string of the molecule is COc1ccc(Nc2ncnc3ccc(SC)cc23)cc1O. The fourth-order valence-electron chi connectivity index (χ4n) is 2.17. The van der Waals surface area contributed by atoms with E-state index in [1.807, 2.05) is 30.5 Å². The van der Waals surface area contributed by atoms with Crippen molar-refractivity contribution >= 4 is 34.2 Å². The summed E-state index contributed by atoms with van der Waals surface area (Å²) in [6.45, 7) is 0. The van der Waals surface area contributed by atoms with Crippen LogP contribution in [0.4, 0.5) is 11.5 Å². The highest BCUT2D eigenvalue weighted by Crippen LogP contribution is 2.31. The number of aromatic nitrogens is 2. The van der Waals surface area contributed by atoms with Crippen molar-refractivity contribution < 1.29 is 9.84 Å². The maximum absolute atomic E-state index is 9.86. The lowest BCUT2D eigenvalue weighted by Crippen LogP contribution is -1.96. The second-order valence-electron chi connectivity index (χ2n) is 4.62. The smallest absolute Gasteiger partial charge is 0.160 e. The zero-order chi connectivity index (χ0) is 15.5. The fourth-order valence-corrected chi connectivity index (χ4v) is 2.61. The number of ether oxygens (including phenoxy) is 1. The molecule has 3 aromatic rings. The minimum atomic E-state index is 0.0793. The summed E-state index contributed by atoms with van der Waals surface area (Å²) in [5.41, 5.74) is 1.60. The molecule has 0 aliphatic heterocycles. The Bertz CT molecular complexity index is 824. The quantitative estimate of drug-likeness (QED) is 0.714. The maximum atomic E-state index is 9.86. The molecule has 6 heteroatoms. The molecule has 0 aliphatic rings. The summed E-state index contributed by atoms with van der Waals surface area (Å²) < 4.78 is 5.04. The molecule has 2 aromatic carbocycles. The summed E-state index contributed by atoms with van der Waals surface area (Å²) in [4.78, 5) is 9.72. The Morgan fingerprint density at radius 3 is 2.73 bits per heavy atom. The van der Waals surface area contributed by atoms with Gasteiger partial charge in [0.1, 0.15) is 12.1 Å². The number of rotatable bonds is 4. The Hall–Kier alpha value is -2.47. The average Bonchev–Trinajstić information content (AvgIpc) is 2.55. The highest BCUT2D eigenvalue weighted by molar-refractivity contribution is 7.98. The standard InChI is InChI=1S/C16H15N3O2S/c1-21-15-6-3-10(7-14(15)20)19-16-12-8-11(22-2)4-5-13(12)17-9-18-16/h3-9,20H,1-2H3,(H,17,18,19). The van der Waals surface area contributed by atoms with Gasteiger partial charge in [0.15, 0.2) is 11.5 Å². The van der Waals surface area contributed by atoms with Crippen LogP contribution < -0.4 is 10.1 Å². The first-order chi connectivity index (χ1) is 10.7. The fraction of sp³-hybridized carbons (Fsp3) is 0.125. The number of thioether (sulfide) groups is 1. The van der Waals surface area contributed by atoms with E-state index < -0.39 is 0 Å². The van der Waals surface area contributed by atoms with Crippen molar-refractivity contribution in [3.8, 4) is 11.5 Å². The molecular formula is C16H15N3O2S. The van der Waals surface area contributed by atoms with Crippen LogP contribution in [0.15, 0.2) is 47.6 Å². The molecule has 0 saturated carbocycles. The van der Waals surface area contributed by atoms with Gasteiger partial charge in [0.2, 0.25) is 0 Å². The number of hydrogen-bond acceptors (Lipinski definition) is 6. The number of nitrogens with zero attached hydrogens (tertiary/aromatic N) is 2. The number of nitrogens with one attached hydrogen (secondary N) is 1. The zero-order valence-electron chi connectivity index (χ0n) is 12.2. The third kappa shape index (κ3) is 2.78. The predicted octanol–water partition coefficient (Wildman–Crippen LogP) is 3.81. The second kappa shape index (κ2) is 6.11. The maximum Gasteiger partial charge on any atom is 0.160 e. The van der Waals surface area contributed by atoms with Crippen LogP contribution in [0.1, 0.15) is 0 Å². The number of fused-ring (bicyclic) bond motifs is 1. The van der Waals surface area contributed by atoms with Crippen LogP contribution in [-0.2, 0) is 0 Å². The van der Waals surface area contributed by atoms with Gasteiger partial charge in [0.25, 0.3) is 0 Å². The van der Waals surface area contributed by atoms with Crippen LogP contribution in [0.3, 0.4) is 0 Å². The van der Waals surface area contributed by atoms with Crippen molar-refractivity contribution in [2.45, 2.75) is 4.90 Å². The summed E-state index contributed by atoms with van der Waals surface area (Å²) in [7, 11) is 1.52. The number of anilines is 2. The molecule has 22 heavy (non-hydrogen) atoms. The molecule has 0 saturated heterocycles. The molecule has 5 nitrogen and oxygen atoms in total. The summed E-state index contributed by atoms with van der Waals surface area (Å²) in [6, 6.07) is 11.2. The molecular weight excluding hydrogens is 298 g/mol. The molecule has 1 aromatic heterocycles. The van der Waals surface area contributed by atoms with Crippen LogP contribution >= 0.6 is 11.8 Å². The number of phenolic OH excluding ortho intramolecular Hbond substituents is 1. The van der Waals surface area contributed by atoms with Crippen molar-refractivity contribution in [2.75, 3.05) is 18.7 Å². The predicted molar refractivity (Wildman–Crippen MR) is 89.3 cm³/mol. The summed E-state index contributed by atoms with van der Waals surface area (Å²) in [5.74, 6) is 1.21. The van der Waals surface area contributed by atoms with Gasteiger partial charge in [0.05, 0.1) is 12.6 Å². The van der Waals surface area contributed by atoms with Gasteiger partial charge in [-0.1, -0.05) is 0 Å². The molecule has 2 N–H and O–H groups in total. The van der Waals surface area contributed by atoms with Crippen LogP contribution in [-0.4, -0.2) is 28.4 Å². The van der Waals surface area contributed by atoms with Gasteiger partial charge in [-0.05, 0) is 36.6 Å². The first kappa shape index (κ1) is 14.5. The molecule has 0 radical (unpaired) electrons. The van der Waals surface area contributed by atoms with E-state index in [0.29, 0.717) is 11.6 Å². The van der Waals surface area contributed by atoms with Crippen molar-refractivity contribution in [1.82, 2.24) is 9.97 Å². The van der Waals surface area contributed by atoms with Gasteiger partial charge in [-0.3, -0.25) is 0 Å². The topological polar surface area (TPSA) is 67.3 Å². The molecule has 0 bridgehead atoms. The molecule has 0 fully saturated rings. The summed E-state index contributed by atoms with van der Waals surface area (Å²) in [5, 5.41) is 14.0. The normalized spacial score (nSPS) is 10.6. The Kier molecular flexibility index (Phi) is 4.02. The Morgan fingerprint density at radius 1 is 1.14 bits per heavy atom. The van der Waals surface area contributed by atoms with Crippen molar-refractivity contribution in [3.05, 3.63) is 42.7 Å². The van der Waals surface area contributed by atoms with E-state index >= 15 is 0 Å². The van der Waals surface area contributed by atoms with E-state index in [9.17, 15) is 5.11 Å². The lowest BCUT2D eigenvalue weighted by atomic mass is 10.2. The highest BCUT2D eigenvalue weighted by Gasteiger charge is 2.07. The molecule has 0 aliphatic carbocycles. The number of benzene rings is 2. The van der Waals surface area contributed by atoms with E-state index in [1.54, 1.807) is 23.9 Å². The van der Waals surface area contributed by atoms with Gasteiger partial charge >= 0.3 is 0 Å². The second-order valence-corrected chi connectivity index (χ2v) is 5.50. The number of aromatic hydroxyl groups is 1. The van der Waals surface area contributed by atoms with Gasteiger partial charge in [-0.2, -0.15) is 0 Å². The van der Waals surface area contributed by atoms with E-state index in [1.165, 1.54) is 13.4 Å². The molecule has 0 unspecified atom stereocenters. The third-order valence-corrected chi connectivity index (χ3v) is 4.01. The van der Waals surface area contributed by atoms with Crippen molar-refractivity contribution in [3.63, 3.8) is 0 Å². The van der Waals surface area contributed by atoms with Gasteiger partial charge in [-0.25, -0.2) is 9.97 Å². The highest BCUT2D eigenvalue weighted by atomic mass is 32.2. The molecule has 0 atom stereocenters. The summed E-state index contributed by atoms with van der Waals surface area (Å²) in [6.07, 6.45) is 3.55. The Balaban J connectivity index is 2.01. The van der Waals surface area contributed by atoms with E-state index in [4.69, 9.17) is 4.74 Å². The Labute approximate surface area is 132 Å². The number of phenols is 1. The largest absolute Gasteiger partial charge is 0.504 e. The number of hydrogen-bond donors (Lipinski definition) is 2. The Morgan fingerprint density at radius 2 is 2.00 bits per heavy atom. The van der Waals surface area contributed by atoms with E-state index in [0.717, 1.165) is 21.5 Å². The lowest BCUT2D eigenvalue weighted by molar-refractivity contribution is 0.373. The van der Waals surface area contributed by atoms with Gasteiger partial charge in [-0.15, -0.1) is 11.8 Å². The molecule has 112 valence electrons. The molecule has 0 amide bonds. The lowest BCUT2D eigenvalue weighted by Gasteiger charge is -2.10. The van der Waals surface area contributed by atoms with E-state index in [2.05, 4.69) is 15.3 Å². The molecule has 0 spiro atoms. The molecule has 3 rings (SSSR count). The zero-order valence-corrected chi connectivity index (χ0v) is 13.0. The minimum absolute atomic E-state index is 0.0793. The van der Waals surface area contributed by atoms with Crippen LogP contribution in [0.25, 0.3) is 10.9 Å².